The first-order valence-electron chi connectivity index (χ1n) is 15.4. The van der Waals surface area contributed by atoms with E-state index in [-0.39, 0.29) is 23.8 Å². The minimum atomic E-state index is -4.66. The van der Waals surface area contributed by atoms with Crippen LogP contribution in [0.1, 0.15) is 66.4 Å². The van der Waals surface area contributed by atoms with Crippen LogP contribution in [0.25, 0.3) is 5.69 Å². The fourth-order valence-corrected chi connectivity index (χ4v) is 6.42. The van der Waals surface area contributed by atoms with Gasteiger partial charge in [-0.05, 0) is 73.1 Å². The Balaban J connectivity index is 1.70. The zero-order chi connectivity index (χ0) is 34.3. The molecule has 0 saturated heterocycles. The van der Waals surface area contributed by atoms with Crippen LogP contribution in [0.3, 0.4) is 0 Å². The van der Waals surface area contributed by atoms with Crippen LogP contribution in [-0.4, -0.2) is 42.5 Å². The van der Waals surface area contributed by atoms with Crippen LogP contribution >= 0.6 is 0 Å². The van der Waals surface area contributed by atoms with E-state index in [4.69, 9.17) is 9.52 Å². The Morgan fingerprint density at radius 1 is 0.979 bits per heavy atom. The van der Waals surface area contributed by atoms with Gasteiger partial charge in [0.2, 0.25) is 0 Å². The molecule has 0 aliphatic carbocycles. The van der Waals surface area contributed by atoms with Gasteiger partial charge >= 0.3 is 6.18 Å². The number of nitrogens with one attached hydrogen (secondary N) is 1. The highest BCUT2D eigenvalue weighted by molar-refractivity contribution is 6.74. The molecule has 3 aromatic carbocycles. The third-order valence-electron chi connectivity index (χ3n) is 9.07. The second kappa shape index (κ2) is 12.7. The van der Waals surface area contributed by atoms with Crippen LogP contribution in [0.5, 0.6) is 0 Å². The van der Waals surface area contributed by atoms with E-state index in [9.17, 15) is 27.2 Å². The second-order valence-corrected chi connectivity index (χ2v) is 17.9. The highest BCUT2D eigenvalue weighted by atomic mass is 28.4. The molecule has 2 heterocycles. The number of likely N-dealkylation sites (N-methyl/N-ethyl adjacent to an activating group) is 1. The molecule has 248 valence electrons. The van der Waals surface area contributed by atoms with Crippen molar-refractivity contribution >= 4 is 25.9 Å². The highest BCUT2D eigenvalue weighted by Gasteiger charge is 2.47. The molecule has 1 aliphatic rings. The number of rotatable bonds is 8. The number of anilines is 1. The number of carbonyl (C=O) groups excluding carboxylic acids is 2. The summed E-state index contributed by atoms with van der Waals surface area (Å²) < 4.78 is 63.0. The SMILES string of the molecule is CCN1C(=O)[C@H](NC(=O)c2cccc(C(F)(F)F)c2)[C@H](c2ccc(F)cc2)c2c(CO[Si](C)(C)C(C)(C)C)nn(-c3ccccc3)c21. The van der Waals surface area contributed by atoms with Gasteiger partial charge in [-0.1, -0.05) is 57.2 Å². The Kier molecular flexibility index (Phi) is 9.22. The zero-order valence-corrected chi connectivity index (χ0v) is 28.2. The molecule has 1 aromatic heterocycles. The molecule has 7 nitrogen and oxygen atoms in total. The first kappa shape index (κ1) is 34.1. The standard InChI is InChI=1S/C35H38F4N4O3Si/c1-7-42-32-29(27(21-46-47(5,6)34(2,3)4)41-43(32)26-14-9-8-10-15-26)28(22-16-18-25(36)19-17-22)30(33(42)45)40-31(44)23-12-11-13-24(20-23)35(37,38)39/h8-20,28,30H,7,21H2,1-6H3,(H,40,44)/t28-,30-/m1/s1. The Morgan fingerprint density at radius 2 is 1.64 bits per heavy atom. The van der Waals surface area contributed by atoms with Crippen LogP contribution in [0.2, 0.25) is 18.1 Å². The van der Waals surface area contributed by atoms with Crippen molar-refractivity contribution in [3.8, 4) is 5.69 Å². The van der Waals surface area contributed by atoms with Crippen molar-refractivity contribution in [1.82, 2.24) is 15.1 Å². The van der Waals surface area contributed by atoms with Gasteiger partial charge in [0.05, 0.1) is 23.6 Å². The van der Waals surface area contributed by atoms with Gasteiger partial charge in [-0.2, -0.15) is 18.3 Å². The molecule has 4 aromatic rings. The molecule has 0 bridgehead atoms. The van der Waals surface area contributed by atoms with Gasteiger partial charge in [-0.15, -0.1) is 0 Å². The summed E-state index contributed by atoms with van der Waals surface area (Å²) in [4.78, 5) is 29.5. The number of halogens is 4. The van der Waals surface area contributed by atoms with Crippen molar-refractivity contribution in [2.45, 2.75) is 70.6 Å². The first-order valence-corrected chi connectivity index (χ1v) is 18.3. The van der Waals surface area contributed by atoms with E-state index in [1.54, 1.807) is 23.7 Å². The van der Waals surface area contributed by atoms with E-state index >= 15 is 0 Å². The van der Waals surface area contributed by atoms with Gasteiger partial charge in [-0.3, -0.25) is 14.5 Å². The number of amides is 2. The Hall–Kier alpha value is -4.29. The third kappa shape index (κ3) is 6.75. The van der Waals surface area contributed by atoms with Gasteiger partial charge in [0.15, 0.2) is 8.32 Å². The lowest BCUT2D eigenvalue weighted by atomic mass is 9.81. The van der Waals surface area contributed by atoms with Gasteiger partial charge in [0, 0.05) is 23.6 Å². The topological polar surface area (TPSA) is 76.5 Å². The number of nitrogens with zero attached hydrogens (tertiary/aromatic N) is 3. The molecule has 0 radical (unpaired) electrons. The third-order valence-corrected chi connectivity index (χ3v) is 13.5. The summed E-state index contributed by atoms with van der Waals surface area (Å²) >= 11 is 0. The molecule has 2 atom stereocenters. The molecule has 47 heavy (non-hydrogen) atoms. The van der Waals surface area contributed by atoms with E-state index in [1.807, 2.05) is 30.3 Å². The van der Waals surface area contributed by atoms with Crippen molar-refractivity contribution in [1.29, 1.82) is 0 Å². The average Bonchev–Trinajstić information content (AvgIpc) is 3.39. The van der Waals surface area contributed by atoms with Crippen LogP contribution < -0.4 is 10.2 Å². The quantitative estimate of drug-likeness (QED) is 0.154. The lowest BCUT2D eigenvalue weighted by molar-refractivity contribution is -0.137. The highest BCUT2D eigenvalue weighted by Crippen LogP contribution is 2.45. The summed E-state index contributed by atoms with van der Waals surface area (Å²) in [5.41, 5.74) is 1.12. The van der Waals surface area contributed by atoms with Crippen molar-refractivity contribution in [2.75, 3.05) is 11.4 Å². The minimum Gasteiger partial charge on any atom is -0.411 e. The van der Waals surface area contributed by atoms with Gasteiger partial charge in [-0.25, -0.2) is 9.07 Å². The van der Waals surface area contributed by atoms with E-state index in [2.05, 4.69) is 39.2 Å². The summed E-state index contributed by atoms with van der Waals surface area (Å²) in [6, 6.07) is 17.7. The van der Waals surface area contributed by atoms with Crippen LogP contribution in [0.15, 0.2) is 78.9 Å². The van der Waals surface area contributed by atoms with Crippen LogP contribution in [0.4, 0.5) is 23.4 Å². The number of carbonyl (C=O) groups is 2. The number of benzene rings is 3. The summed E-state index contributed by atoms with van der Waals surface area (Å²) in [6.45, 7) is 12.7. The van der Waals surface area contributed by atoms with Crippen LogP contribution in [0, 0.1) is 5.82 Å². The van der Waals surface area contributed by atoms with E-state index in [0.29, 0.717) is 28.3 Å². The fraction of sp³-hybridized carbons (Fsp3) is 0.343. The predicted octanol–water partition coefficient (Wildman–Crippen LogP) is 7.85. The summed E-state index contributed by atoms with van der Waals surface area (Å²) in [6.07, 6.45) is -4.66. The smallest absolute Gasteiger partial charge is 0.411 e. The zero-order valence-electron chi connectivity index (χ0n) is 27.2. The molecule has 0 unspecified atom stereocenters. The van der Waals surface area contributed by atoms with E-state index < -0.39 is 49.6 Å². The molecule has 0 saturated carbocycles. The monoisotopic (exact) mass is 666 g/mol. The average molecular weight is 667 g/mol. The number of fused-ring (bicyclic) bond motifs is 1. The molecule has 1 aliphatic heterocycles. The van der Waals surface area contributed by atoms with Crippen molar-refractivity contribution in [3.63, 3.8) is 0 Å². The fourth-order valence-electron chi connectivity index (χ4n) is 5.49. The molecular weight excluding hydrogens is 628 g/mol. The maximum atomic E-state index is 14.4. The summed E-state index contributed by atoms with van der Waals surface area (Å²) in [5, 5.41) is 7.62. The summed E-state index contributed by atoms with van der Waals surface area (Å²) in [5.74, 6) is -2.21. The van der Waals surface area contributed by atoms with Crippen molar-refractivity contribution in [2.24, 2.45) is 0 Å². The van der Waals surface area contributed by atoms with Gasteiger partial charge in [0.1, 0.15) is 17.7 Å². The first-order chi connectivity index (χ1) is 22.0. The second-order valence-electron chi connectivity index (χ2n) is 13.1. The number of hydrogen-bond acceptors (Lipinski definition) is 4. The normalized spacial score (nSPS) is 17.1. The number of aromatic nitrogens is 2. The van der Waals surface area contributed by atoms with Crippen molar-refractivity contribution in [3.05, 3.63) is 113 Å². The largest absolute Gasteiger partial charge is 0.416 e. The molecule has 1 N–H and O–H groups in total. The molecule has 0 spiro atoms. The molecule has 12 heteroatoms. The number of alkyl halides is 3. The van der Waals surface area contributed by atoms with Gasteiger partial charge in [0.25, 0.3) is 11.8 Å². The van der Waals surface area contributed by atoms with E-state index in [1.165, 1.54) is 23.1 Å². The van der Waals surface area contributed by atoms with E-state index in [0.717, 1.165) is 18.2 Å². The molecule has 2 amide bonds. The van der Waals surface area contributed by atoms with Crippen LogP contribution in [-0.2, 0) is 22.0 Å². The molecular formula is C35H38F4N4O3Si. The summed E-state index contributed by atoms with van der Waals surface area (Å²) in [7, 11) is -2.30. The predicted molar refractivity (Wildman–Crippen MR) is 175 cm³/mol. The lowest BCUT2D eigenvalue weighted by Gasteiger charge is -2.39. The Labute approximate surface area is 272 Å². The maximum Gasteiger partial charge on any atom is 0.416 e. The Morgan fingerprint density at radius 3 is 2.23 bits per heavy atom. The number of para-hydroxylation sites is 1. The molecule has 5 rings (SSSR count). The molecule has 0 fully saturated rings. The van der Waals surface area contributed by atoms with Crippen molar-refractivity contribution < 1.29 is 31.6 Å². The minimum absolute atomic E-state index is 0.108. The van der Waals surface area contributed by atoms with Gasteiger partial charge < -0.3 is 9.74 Å². The lowest BCUT2D eigenvalue weighted by Crippen LogP contribution is -2.55. The number of hydrogen-bond donors (Lipinski definition) is 1. The maximum absolute atomic E-state index is 14.4. The Bertz CT molecular complexity index is 1770.